The highest BCUT2D eigenvalue weighted by Crippen LogP contribution is 2.45. The minimum absolute atomic E-state index is 0.0511. The summed E-state index contributed by atoms with van der Waals surface area (Å²) < 4.78 is 40.4. The fourth-order valence-corrected chi connectivity index (χ4v) is 1.61. The molecule has 1 saturated carbocycles. The average molecular weight is 246 g/mol. The van der Waals surface area contributed by atoms with Crippen molar-refractivity contribution in [3.8, 4) is 5.75 Å². The second kappa shape index (κ2) is 3.94. The number of carboxylic acids is 1. The van der Waals surface area contributed by atoms with E-state index in [9.17, 15) is 18.0 Å². The van der Waals surface area contributed by atoms with Crippen LogP contribution < -0.4 is 4.74 Å². The molecule has 0 atom stereocenters. The number of benzene rings is 1. The summed E-state index contributed by atoms with van der Waals surface area (Å²) in [4.78, 5) is 10.7. The Balaban J connectivity index is 2.36. The largest absolute Gasteiger partial charge is 0.573 e. The Labute approximate surface area is 94.8 Å². The average Bonchev–Trinajstić information content (AvgIpc) is 2.98. The lowest BCUT2D eigenvalue weighted by Gasteiger charge is -2.13. The van der Waals surface area contributed by atoms with Crippen LogP contribution in [0.1, 0.15) is 34.7 Å². The van der Waals surface area contributed by atoms with Crippen LogP contribution in [0.25, 0.3) is 0 Å². The van der Waals surface area contributed by atoms with E-state index in [4.69, 9.17) is 5.11 Å². The Hall–Kier alpha value is -1.72. The highest BCUT2D eigenvalue weighted by molar-refractivity contribution is 5.88. The second-order valence-electron chi connectivity index (χ2n) is 3.88. The number of ether oxygens (including phenoxy) is 1. The zero-order chi connectivity index (χ0) is 12.6. The van der Waals surface area contributed by atoms with Crippen molar-refractivity contribution in [3.05, 3.63) is 29.3 Å². The fourth-order valence-electron chi connectivity index (χ4n) is 1.61. The fraction of sp³-hybridized carbons (Fsp3) is 0.364. The van der Waals surface area contributed by atoms with Crippen LogP contribution in [0.5, 0.6) is 5.75 Å². The van der Waals surface area contributed by atoms with E-state index in [1.165, 1.54) is 12.1 Å². The van der Waals surface area contributed by atoms with E-state index in [1.807, 2.05) is 0 Å². The van der Waals surface area contributed by atoms with Gasteiger partial charge in [-0.1, -0.05) is 6.07 Å². The summed E-state index contributed by atoms with van der Waals surface area (Å²) in [5, 5.41) is 8.72. The van der Waals surface area contributed by atoms with Gasteiger partial charge in [0, 0.05) is 0 Å². The molecular formula is C11H9F3O3. The number of alkyl halides is 3. The first-order valence-corrected chi connectivity index (χ1v) is 5.00. The zero-order valence-corrected chi connectivity index (χ0v) is 8.62. The molecule has 3 nitrogen and oxygen atoms in total. The molecule has 0 spiro atoms. The lowest BCUT2D eigenvalue weighted by Crippen LogP contribution is -2.18. The smallest absolute Gasteiger partial charge is 0.478 e. The van der Waals surface area contributed by atoms with E-state index in [0.29, 0.717) is 5.56 Å². The van der Waals surface area contributed by atoms with Gasteiger partial charge in [-0.05, 0) is 36.5 Å². The molecule has 1 fully saturated rings. The number of carboxylic acid groups (broad SMARTS) is 1. The monoisotopic (exact) mass is 246 g/mol. The van der Waals surface area contributed by atoms with Gasteiger partial charge in [-0.15, -0.1) is 13.2 Å². The van der Waals surface area contributed by atoms with Crippen LogP contribution >= 0.6 is 0 Å². The molecule has 1 N–H and O–H groups in total. The Morgan fingerprint density at radius 3 is 2.47 bits per heavy atom. The van der Waals surface area contributed by atoms with Crippen molar-refractivity contribution in [1.29, 1.82) is 0 Å². The number of aromatic carboxylic acids is 1. The summed E-state index contributed by atoms with van der Waals surface area (Å²) in [7, 11) is 0. The lowest BCUT2D eigenvalue weighted by atomic mass is 10.1. The van der Waals surface area contributed by atoms with Crippen LogP contribution in [0.4, 0.5) is 13.2 Å². The van der Waals surface area contributed by atoms with Gasteiger partial charge in [0.2, 0.25) is 0 Å². The number of rotatable bonds is 3. The topological polar surface area (TPSA) is 46.5 Å². The first-order chi connectivity index (χ1) is 7.87. The number of hydrogen-bond donors (Lipinski definition) is 1. The lowest BCUT2D eigenvalue weighted by molar-refractivity contribution is -0.274. The summed E-state index contributed by atoms with van der Waals surface area (Å²) in [5.41, 5.74) is 0.209. The predicted molar refractivity (Wildman–Crippen MR) is 52.1 cm³/mol. The van der Waals surface area contributed by atoms with E-state index in [1.54, 1.807) is 0 Å². The normalized spacial score (nSPS) is 15.7. The molecule has 1 aliphatic carbocycles. The van der Waals surface area contributed by atoms with E-state index in [-0.39, 0.29) is 11.5 Å². The summed E-state index contributed by atoms with van der Waals surface area (Å²) in [6.45, 7) is 0. The summed E-state index contributed by atoms with van der Waals surface area (Å²) in [6, 6.07) is 3.60. The van der Waals surface area contributed by atoms with Crippen molar-refractivity contribution < 1.29 is 27.8 Å². The van der Waals surface area contributed by atoms with Crippen molar-refractivity contribution in [2.45, 2.75) is 25.1 Å². The van der Waals surface area contributed by atoms with E-state index in [0.717, 1.165) is 18.9 Å². The predicted octanol–water partition coefficient (Wildman–Crippen LogP) is 3.16. The molecular weight excluding hydrogens is 237 g/mol. The Morgan fingerprint density at radius 2 is 2.00 bits per heavy atom. The molecule has 0 amide bonds. The Bertz CT molecular complexity index is 450. The third-order valence-corrected chi connectivity index (χ3v) is 2.50. The van der Waals surface area contributed by atoms with Crippen molar-refractivity contribution in [1.82, 2.24) is 0 Å². The Kier molecular flexibility index (Phi) is 2.73. The number of carbonyl (C=O) groups is 1. The van der Waals surface area contributed by atoms with Crippen LogP contribution in [-0.4, -0.2) is 17.4 Å². The molecule has 0 saturated heterocycles. The minimum atomic E-state index is -4.80. The minimum Gasteiger partial charge on any atom is -0.478 e. The maximum atomic E-state index is 12.2. The van der Waals surface area contributed by atoms with Gasteiger partial charge in [-0.3, -0.25) is 0 Å². The zero-order valence-electron chi connectivity index (χ0n) is 8.62. The molecule has 0 unspecified atom stereocenters. The summed E-state index contributed by atoms with van der Waals surface area (Å²) >= 11 is 0. The molecule has 1 aromatic carbocycles. The van der Waals surface area contributed by atoms with Gasteiger partial charge >= 0.3 is 12.3 Å². The molecule has 0 heterocycles. The first kappa shape index (κ1) is 11.8. The van der Waals surface area contributed by atoms with E-state index >= 15 is 0 Å². The standard InChI is InChI=1S/C11H9F3O3/c12-11(13,14)17-9-5-7(10(15)16)3-4-8(9)6-1-2-6/h3-6H,1-2H2,(H,15,16). The SMILES string of the molecule is O=C(O)c1ccc(C2CC2)c(OC(F)(F)F)c1. The van der Waals surface area contributed by atoms with Gasteiger partial charge in [0.15, 0.2) is 0 Å². The van der Waals surface area contributed by atoms with Crippen molar-refractivity contribution in [2.24, 2.45) is 0 Å². The van der Waals surface area contributed by atoms with Gasteiger partial charge in [0.1, 0.15) is 5.75 Å². The molecule has 6 heteroatoms. The molecule has 1 aromatic rings. The molecule has 2 rings (SSSR count). The molecule has 0 aliphatic heterocycles. The van der Waals surface area contributed by atoms with Gasteiger partial charge < -0.3 is 9.84 Å². The second-order valence-corrected chi connectivity index (χ2v) is 3.88. The van der Waals surface area contributed by atoms with Crippen LogP contribution in [0.2, 0.25) is 0 Å². The molecule has 0 radical (unpaired) electrons. The maximum absolute atomic E-state index is 12.2. The van der Waals surface area contributed by atoms with Gasteiger partial charge in [-0.25, -0.2) is 4.79 Å². The molecule has 0 aromatic heterocycles. The van der Waals surface area contributed by atoms with Crippen molar-refractivity contribution in [2.75, 3.05) is 0 Å². The van der Waals surface area contributed by atoms with Gasteiger partial charge in [-0.2, -0.15) is 0 Å². The third kappa shape index (κ3) is 2.89. The van der Waals surface area contributed by atoms with Gasteiger partial charge in [0.05, 0.1) is 5.56 Å². The quantitative estimate of drug-likeness (QED) is 0.891. The van der Waals surface area contributed by atoms with Crippen LogP contribution in [-0.2, 0) is 0 Å². The van der Waals surface area contributed by atoms with E-state index in [2.05, 4.69) is 4.74 Å². The molecule has 1 aliphatic rings. The van der Waals surface area contributed by atoms with Crippen LogP contribution in [0.3, 0.4) is 0 Å². The first-order valence-electron chi connectivity index (χ1n) is 5.00. The Morgan fingerprint density at radius 1 is 1.35 bits per heavy atom. The number of halogens is 3. The van der Waals surface area contributed by atoms with E-state index < -0.39 is 18.1 Å². The molecule has 0 bridgehead atoms. The highest BCUT2D eigenvalue weighted by atomic mass is 19.4. The highest BCUT2D eigenvalue weighted by Gasteiger charge is 2.35. The van der Waals surface area contributed by atoms with Crippen molar-refractivity contribution >= 4 is 5.97 Å². The molecule has 92 valence electrons. The summed E-state index contributed by atoms with van der Waals surface area (Å²) in [6.07, 6.45) is -3.19. The van der Waals surface area contributed by atoms with Gasteiger partial charge in [0.25, 0.3) is 0 Å². The molecule has 17 heavy (non-hydrogen) atoms. The van der Waals surface area contributed by atoms with Crippen LogP contribution in [0.15, 0.2) is 18.2 Å². The van der Waals surface area contributed by atoms with Crippen LogP contribution in [0, 0.1) is 0 Å². The third-order valence-electron chi connectivity index (χ3n) is 2.50. The maximum Gasteiger partial charge on any atom is 0.573 e. The van der Waals surface area contributed by atoms with Crippen molar-refractivity contribution in [3.63, 3.8) is 0 Å². The number of hydrogen-bond acceptors (Lipinski definition) is 2. The summed E-state index contributed by atoms with van der Waals surface area (Å²) in [5.74, 6) is -1.63.